The highest BCUT2D eigenvalue weighted by atomic mass is 32.1. The quantitative estimate of drug-likeness (QED) is 0.888. The SMILES string of the molecule is CCc1cnc(C(C)NC(=O)c2cc(C)ccc2NC)s1. The Kier molecular flexibility index (Phi) is 4.96. The molecular formula is C16H21N3OS. The van der Waals surface area contributed by atoms with E-state index in [1.807, 2.05) is 45.3 Å². The van der Waals surface area contributed by atoms with Crippen LogP contribution in [0.5, 0.6) is 0 Å². The second-order valence-electron chi connectivity index (χ2n) is 5.01. The molecule has 21 heavy (non-hydrogen) atoms. The van der Waals surface area contributed by atoms with Crippen LogP contribution < -0.4 is 10.6 Å². The van der Waals surface area contributed by atoms with Gasteiger partial charge in [-0.25, -0.2) is 4.98 Å². The summed E-state index contributed by atoms with van der Waals surface area (Å²) in [7, 11) is 1.82. The molecule has 5 heteroatoms. The third kappa shape index (κ3) is 3.61. The van der Waals surface area contributed by atoms with Crippen LogP contribution in [-0.4, -0.2) is 17.9 Å². The lowest BCUT2D eigenvalue weighted by Gasteiger charge is -2.14. The van der Waals surface area contributed by atoms with Crippen LogP contribution in [0.25, 0.3) is 0 Å². The van der Waals surface area contributed by atoms with Gasteiger partial charge in [0.1, 0.15) is 5.01 Å². The number of aromatic nitrogens is 1. The molecule has 1 aromatic heterocycles. The number of nitrogens with zero attached hydrogens (tertiary/aromatic N) is 1. The minimum atomic E-state index is -0.0898. The smallest absolute Gasteiger partial charge is 0.253 e. The molecule has 0 bridgehead atoms. The van der Waals surface area contributed by atoms with Crippen LogP contribution >= 0.6 is 11.3 Å². The van der Waals surface area contributed by atoms with Crippen molar-refractivity contribution in [1.82, 2.24) is 10.3 Å². The first-order chi connectivity index (χ1) is 10.0. The number of hydrogen-bond donors (Lipinski definition) is 2. The van der Waals surface area contributed by atoms with Crippen molar-refractivity contribution in [2.24, 2.45) is 0 Å². The molecule has 1 unspecified atom stereocenters. The van der Waals surface area contributed by atoms with Crippen molar-refractivity contribution < 1.29 is 4.79 Å². The van der Waals surface area contributed by atoms with Crippen LogP contribution in [0.3, 0.4) is 0 Å². The number of hydrogen-bond acceptors (Lipinski definition) is 4. The summed E-state index contributed by atoms with van der Waals surface area (Å²) >= 11 is 1.65. The first-order valence-corrected chi connectivity index (χ1v) is 7.90. The zero-order chi connectivity index (χ0) is 15.4. The fraction of sp³-hybridized carbons (Fsp3) is 0.375. The van der Waals surface area contributed by atoms with E-state index in [4.69, 9.17) is 0 Å². The Bertz CT molecular complexity index is 636. The summed E-state index contributed by atoms with van der Waals surface area (Å²) in [5.41, 5.74) is 2.56. The zero-order valence-electron chi connectivity index (χ0n) is 12.9. The number of anilines is 1. The average Bonchev–Trinajstić information content (AvgIpc) is 2.96. The largest absolute Gasteiger partial charge is 0.387 e. The molecule has 1 aromatic carbocycles. The summed E-state index contributed by atoms with van der Waals surface area (Å²) in [5.74, 6) is -0.0798. The summed E-state index contributed by atoms with van der Waals surface area (Å²) in [6, 6.07) is 5.72. The highest BCUT2D eigenvalue weighted by Crippen LogP contribution is 2.22. The van der Waals surface area contributed by atoms with Crippen LogP contribution in [0.4, 0.5) is 5.69 Å². The van der Waals surface area contributed by atoms with E-state index in [9.17, 15) is 4.79 Å². The van der Waals surface area contributed by atoms with Crippen molar-refractivity contribution in [3.63, 3.8) is 0 Å². The highest BCUT2D eigenvalue weighted by molar-refractivity contribution is 7.11. The first kappa shape index (κ1) is 15.5. The number of carbonyl (C=O) groups is 1. The second-order valence-corrected chi connectivity index (χ2v) is 6.16. The topological polar surface area (TPSA) is 54.0 Å². The molecule has 0 fully saturated rings. The number of rotatable bonds is 5. The van der Waals surface area contributed by atoms with Crippen molar-refractivity contribution in [2.45, 2.75) is 33.2 Å². The van der Waals surface area contributed by atoms with E-state index in [2.05, 4.69) is 22.5 Å². The van der Waals surface area contributed by atoms with Gasteiger partial charge in [-0.2, -0.15) is 0 Å². The number of nitrogens with one attached hydrogen (secondary N) is 2. The summed E-state index contributed by atoms with van der Waals surface area (Å²) in [4.78, 5) is 18.1. The minimum Gasteiger partial charge on any atom is -0.387 e. The molecule has 2 rings (SSSR count). The third-order valence-electron chi connectivity index (χ3n) is 3.33. The van der Waals surface area contributed by atoms with Gasteiger partial charge < -0.3 is 10.6 Å². The van der Waals surface area contributed by atoms with Crippen LogP contribution in [0, 0.1) is 6.92 Å². The minimum absolute atomic E-state index is 0.0798. The Labute approximate surface area is 129 Å². The number of benzene rings is 1. The zero-order valence-corrected chi connectivity index (χ0v) is 13.7. The lowest BCUT2D eigenvalue weighted by Crippen LogP contribution is -2.27. The Morgan fingerprint density at radius 2 is 2.19 bits per heavy atom. The summed E-state index contributed by atoms with van der Waals surface area (Å²) in [5, 5.41) is 7.02. The van der Waals surface area contributed by atoms with Gasteiger partial charge in [-0.3, -0.25) is 4.79 Å². The van der Waals surface area contributed by atoms with E-state index in [0.29, 0.717) is 5.56 Å². The molecule has 1 amide bonds. The summed E-state index contributed by atoms with van der Waals surface area (Å²) in [6.07, 6.45) is 2.86. The fourth-order valence-electron chi connectivity index (χ4n) is 2.09. The second kappa shape index (κ2) is 6.72. The highest BCUT2D eigenvalue weighted by Gasteiger charge is 2.16. The lowest BCUT2D eigenvalue weighted by molar-refractivity contribution is 0.0940. The van der Waals surface area contributed by atoms with Gasteiger partial charge in [-0.1, -0.05) is 18.6 Å². The molecule has 0 spiro atoms. The maximum atomic E-state index is 12.5. The Morgan fingerprint density at radius 3 is 2.81 bits per heavy atom. The van der Waals surface area contributed by atoms with Gasteiger partial charge in [-0.15, -0.1) is 11.3 Å². The van der Waals surface area contributed by atoms with Crippen molar-refractivity contribution in [1.29, 1.82) is 0 Å². The molecule has 0 saturated heterocycles. The third-order valence-corrected chi connectivity index (χ3v) is 4.65. The van der Waals surface area contributed by atoms with E-state index in [-0.39, 0.29) is 11.9 Å². The van der Waals surface area contributed by atoms with Crippen molar-refractivity contribution >= 4 is 22.9 Å². The molecule has 0 aliphatic rings. The molecular weight excluding hydrogens is 282 g/mol. The Morgan fingerprint density at radius 1 is 1.43 bits per heavy atom. The van der Waals surface area contributed by atoms with E-state index in [1.54, 1.807) is 11.3 Å². The molecule has 2 aromatic rings. The van der Waals surface area contributed by atoms with Crippen LogP contribution in [0.2, 0.25) is 0 Å². The van der Waals surface area contributed by atoms with Gasteiger partial charge in [0.15, 0.2) is 0 Å². The van der Waals surface area contributed by atoms with Crippen LogP contribution in [0.1, 0.15) is 45.7 Å². The van der Waals surface area contributed by atoms with Gasteiger partial charge in [-0.05, 0) is 32.4 Å². The van der Waals surface area contributed by atoms with E-state index < -0.39 is 0 Å². The Hall–Kier alpha value is -1.88. The lowest BCUT2D eigenvalue weighted by atomic mass is 10.1. The molecule has 0 radical (unpaired) electrons. The normalized spacial score (nSPS) is 12.0. The molecule has 112 valence electrons. The molecule has 0 aliphatic carbocycles. The number of aryl methyl sites for hydroxylation is 2. The van der Waals surface area contributed by atoms with Gasteiger partial charge in [0, 0.05) is 23.8 Å². The fourth-order valence-corrected chi connectivity index (χ4v) is 2.95. The molecule has 4 nitrogen and oxygen atoms in total. The van der Waals surface area contributed by atoms with Crippen molar-refractivity contribution in [2.75, 3.05) is 12.4 Å². The molecule has 1 atom stereocenters. The van der Waals surface area contributed by atoms with Gasteiger partial charge >= 0.3 is 0 Å². The number of carbonyl (C=O) groups excluding carboxylic acids is 1. The standard InChI is InChI=1S/C16H21N3OS/c1-5-12-9-18-16(21-12)11(3)19-15(20)13-8-10(2)6-7-14(13)17-4/h6-9,11,17H,5H2,1-4H3,(H,19,20). The molecule has 2 N–H and O–H groups in total. The average molecular weight is 303 g/mol. The van der Waals surface area contributed by atoms with Gasteiger partial charge in [0.25, 0.3) is 5.91 Å². The monoisotopic (exact) mass is 303 g/mol. The van der Waals surface area contributed by atoms with Crippen molar-refractivity contribution in [3.05, 3.63) is 45.4 Å². The summed E-state index contributed by atoms with van der Waals surface area (Å²) in [6.45, 7) is 6.05. The van der Waals surface area contributed by atoms with E-state index in [1.165, 1.54) is 4.88 Å². The predicted molar refractivity (Wildman–Crippen MR) is 88.1 cm³/mol. The van der Waals surface area contributed by atoms with E-state index in [0.717, 1.165) is 22.7 Å². The molecule has 0 aliphatic heterocycles. The molecule has 0 saturated carbocycles. The maximum Gasteiger partial charge on any atom is 0.253 e. The molecule has 1 heterocycles. The van der Waals surface area contributed by atoms with Crippen LogP contribution in [0.15, 0.2) is 24.4 Å². The van der Waals surface area contributed by atoms with E-state index >= 15 is 0 Å². The number of thiazole rings is 1. The van der Waals surface area contributed by atoms with Gasteiger partial charge in [0.05, 0.1) is 11.6 Å². The van der Waals surface area contributed by atoms with Gasteiger partial charge in [0.2, 0.25) is 0 Å². The van der Waals surface area contributed by atoms with Crippen LogP contribution in [-0.2, 0) is 6.42 Å². The summed E-state index contributed by atoms with van der Waals surface area (Å²) < 4.78 is 0. The maximum absolute atomic E-state index is 12.5. The van der Waals surface area contributed by atoms with Crippen molar-refractivity contribution in [3.8, 4) is 0 Å². The number of amides is 1. The Balaban J connectivity index is 2.15. The predicted octanol–water partition coefficient (Wildman–Crippen LogP) is 3.55. The first-order valence-electron chi connectivity index (χ1n) is 7.09.